The monoisotopic (exact) mass is 620 g/mol. The molecule has 0 spiro atoms. The maximum absolute atomic E-state index is 13.9. The molecular formula is C35H32N4O7. The number of nitro groups is 1. The minimum Gasteiger partial charge on any atom is -0.494 e. The molecule has 0 saturated heterocycles. The van der Waals surface area contributed by atoms with Gasteiger partial charge in [-0.3, -0.25) is 14.9 Å². The van der Waals surface area contributed by atoms with Gasteiger partial charge in [0.15, 0.2) is 5.82 Å². The van der Waals surface area contributed by atoms with Gasteiger partial charge in [0.1, 0.15) is 18.1 Å². The molecule has 0 aliphatic rings. The fourth-order valence-electron chi connectivity index (χ4n) is 5.03. The van der Waals surface area contributed by atoms with Gasteiger partial charge in [0.2, 0.25) is 0 Å². The second-order valence-electron chi connectivity index (χ2n) is 10.9. The molecule has 0 amide bonds. The van der Waals surface area contributed by atoms with Crippen molar-refractivity contribution in [2.24, 2.45) is 5.10 Å². The van der Waals surface area contributed by atoms with Crippen LogP contribution in [-0.4, -0.2) is 38.5 Å². The van der Waals surface area contributed by atoms with Crippen LogP contribution in [-0.2, 0) is 6.61 Å². The minimum absolute atomic E-state index is 0.00808. The molecular weight excluding hydrogens is 588 g/mol. The highest BCUT2D eigenvalue weighted by molar-refractivity contribution is 5.88. The van der Waals surface area contributed by atoms with Gasteiger partial charge in [-0.2, -0.15) is 9.78 Å². The van der Waals surface area contributed by atoms with Gasteiger partial charge < -0.3 is 14.6 Å². The number of carboxylic acid groups (broad SMARTS) is 1. The number of hydrogen-bond donors (Lipinski definition) is 1. The molecule has 5 aromatic rings. The first-order chi connectivity index (χ1) is 22.1. The van der Waals surface area contributed by atoms with E-state index in [9.17, 15) is 24.8 Å². The average molecular weight is 621 g/mol. The van der Waals surface area contributed by atoms with Gasteiger partial charge >= 0.3 is 5.97 Å². The Bertz CT molecular complexity index is 2050. The topological polar surface area (TPSA) is 146 Å². The van der Waals surface area contributed by atoms with Crippen LogP contribution in [0.3, 0.4) is 0 Å². The first-order valence-corrected chi connectivity index (χ1v) is 14.6. The first kappa shape index (κ1) is 31.6. The Labute approximate surface area is 264 Å². The molecule has 0 aliphatic carbocycles. The van der Waals surface area contributed by atoms with E-state index < -0.39 is 16.5 Å². The average Bonchev–Trinajstić information content (AvgIpc) is 3.03. The van der Waals surface area contributed by atoms with E-state index in [0.717, 1.165) is 16.9 Å². The van der Waals surface area contributed by atoms with Crippen LogP contribution in [0.1, 0.15) is 59.3 Å². The van der Waals surface area contributed by atoms with Crippen LogP contribution < -0.4 is 15.0 Å². The van der Waals surface area contributed by atoms with Gasteiger partial charge in [0, 0.05) is 23.3 Å². The molecule has 234 valence electrons. The third-order valence-electron chi connectivity index (χ3n) is 7.36. The van der Waals surface area contributed by atoms with Gasteiger partial charge in [-0.05, 0) is 78.9 Å². The van der Waals surface area contributed by atoms with E-state index in [4.69, 9.17) is 14.5 Å². The summed E-state index contributed by atoms with van der Waals surface area (Å²) in [6.45, 7) is 8.43. The maximum Gasteiger partial charge on any atom is 0.335 e. The number of fused-ring (bicyclic) bond motifs is 1. The molecule has 11 nitrogen and oxygen atoms in total. The van der Waals surface area contributed by atoms with Crippen LogP contribution in [0, 0.1) is 17.0 Å². The second kappa shape index (κ2) is 13.4. The van der Waals surface area contributed by atoms with Crippen LogP contribution in [0.25, 0.3) is 22.3 Å². The van der Waals surface area contributed by atoms with E-state index in [-0.39, 0.29) is 35.1 Å². The lowest BCUT2D eigenvalue weighted by atomic mass is 9.96. The quantitative estimate of drug-likeness (QED) is 0.0947. The third-order valence-corrected chi connectivity index (χ3v) is 7.36. The van der Waals surface area contributed by atoms with Crippen molar-refractivity contribution >= 4 is 28.8 Å². The Kier molecular flexibility index (Phi) is 9.22. The van der Waals surface area contributed by atoms with Crippen LogP contribution in [0.5, 0.6) is 11.5 Å². The number of non-ortho nitro benzene ring substituents is 1. The van der Waals surface area contributed by atoms with Gasteiger partial charge in [0.05, 0.1) is 34.2 Å². The highest BCUT2D eigenvalue weighted by Crippen LogP contribution is 2.34. The molecule has 4 aromatic carbocycles. The highest BCUT2D eigenvalue weighted by atomic mass is 16.6. The maximum atomic E-state index is 13.9. The van der Waals surface area contributed by atoms with Crippen molar-refractivity contribution in [1.29, 1.82) is 0 Å². The van der Waals surface area contributed by atoms with Crippen molar-refractivity contribution in [2.45, 2.75) is 40.2 Å². The van der Waals surface area contributed by atoms with E-state index in [1.54, 1.807) is 36.4 Å². The van der Waals surface area contributed by atoms with Gasteiger partial charge in [-0.1, -0.05) is 38.1 Å². The van der Waals surface area contributed by atoms with Gasteiger partial charge in [-0.15, -0.1) is 0 Å². The number of aryl methyl sites for hydroxylation is 1. The van der Waals surface area contributed by atoms with Gasteiger partial charge in [0.25, 0.3) is 11.2 Å². The predicted molar refractivity (Wildman–Crippen MR) is 175 cm³/mol. The Morgan fingerprint density at radius 2 is 1.83 bits per heavy atom. The Morgan fingerprint density at radius 3 is 2.54 bits per heavy atom. The molecule has 1 aromatic heterocycles. The summed E-state index contributed by atoms with van der Waals surface area (Å²) in [5.74, 6) is 0.340. The molecule has 0 unspecified atom stereocenters. The van der Waals surface area contributed by atoms with Crippen molar-refractivity contribution in [3.63, 3.8) is 0 Å². The summed E-state index contributed by atoms with van der Waals surface area (Å²) >= 11 is 0. The van der Waals surface area contributed by atoms with Crippen molar-refractivity contribution in [1.82, 2.24) is 9.66 Å². The number of nitrogens with zero attached hydrogens (tertiary/aromatic N) is 4. The summed E-state index contributed by atoms with van der Waals surface area (Å²) in [7, 11) is 0. The Hall–Kier alpha value is -5.84. The largest absolute Gasteiger partial charge is 0.494 e. The summed E-state index contributed by atoms with van der Waals surface area (Å²) in [5.41, 5.74) is 3.25. The van der Waals surface area contributed by atoms with Crippen LogP contribution in [0.4, 0.5) is 5.69 Å². The van der Waals surface area contributed by atoms with Crippen molar-refractivity contribution < 1.29 is 24.3 Å². The van der Waals surface area contributed by atoms with E-state index in [1.165, 1.54) is 41.2 Å². The summed E-state index contributed by atoms with van der Waals surface area (Å²) < 4.78 is 13.1. The highest BCUT2D eigenvalue weighted by Gasteiger charge is 2.19. The van der Waals surface area contributed by atoms with Crippen LogP contribution >= 0.6 is 0 Å². The lowest BCUT2D eigenvalue weighted by Gasteiger charge is -2.18. The Balaban J connectivity index is 1.64. The number of carboxylic acids is 1. The summed E-state index contributed by atoms with van der Waals surface area (Å²) in [6.07, 6.45) is 1.32. The number of aromatic nitrogens is 2. The normalized spacial score (nSPS) is 11.3. The van der Waals surface area contributed by atoms with E-state index >= 15 is 0 Å². The number of ether oxygens (including phenoxy) is 2. The zero-order chi connectivity index (χ0) is 33.0. The summed E-state index contributed by atoms with van der Waals surface area (Å²) in [6, 6.07) is 21.2. The molecule has 46 heavy (non-hydrogen) atoms. The molecule has 11 heteroatoms. The Morgan fingerprint density at radius 1 is 1.04 bits per heavy atom. The predicted octanol–water partition coefficient (Wildman–Crippen LogP) is 6.96. The smallest absolute Gasteiger partial charge is 0.335 e. The minimum atomic E-state index is -1.07. The van der Waals surface area contributed by atoms with Gasteiger partial charge in [-0.25, -0.2) is 9.78 Å². The number of nitro benzene ring substituents is 1. The fraction of sp³-hybridized carbons (Fsp3) is 0.200. The third kappa shape index (κ3) is 6.63. The molecule has 1 heterocycles. The van der Waals surface area contributed by atoms with Crippen molar-refractivity contribution in [3.8, 4) is 22.9 Å². The summed E-state index contributed by atoms with van der Waals surface area (Å²) in [5, 5.41) is 25.9. The lowest BCUT2D eigenvalue weighted by molar-refractivity contribution is -0.384. The molecule has 0 fully saturated rings. The standard InChI is InChI=1S/C35H32N4O7/c1-5-45-32-15-22(4)29(18-28(32)21(2)3)33-37-30-12-7-6-11-27(30)34(40)38(33)36-19-25-17-26(39(43)44)13-14-31(25)46-20-23-9-8-10-24(16-23)35(41)42/h6-19,21H,5,20H2,1-4H3,(H,41,42). The zero-order valence-corrected chi connectivity index (χ0v) is 25.8. The molecule has 0 saturated carbocycles. The number of rotatable bonds is 11. The molecule has 0 aliphatic heterocycles. The number of benzene rings is 4. The SMILES string of the molecule is CCOc1cc(C)c(-c2nc3ccccc3c(=O)n2N=Cc2cc([N+](=O)[O-])ccc2OCc2cccc(C(=O)O)c2)cc1C(C)C. The number of carbonyl (C=O) groups is 1. The van der Waals surface area contributed by atoms with E-state index in [0.29, 0.717) is 34.5 Å². The number of aromatic carboxylic acids is 1. The summed E-state index contributed by atoms with van der Waals surface area (Å²) in [4.78, 5) is 41.2. The zero-order valence-electron chi connectivity index (χ0n) is 25.8. The lowest BCUT2D eigenvalue weighted by Crippen LogP contribution is -2.21. The van der Waals surface area contributed by atoms with Crippen molar-refractivity contribution in [2.75, 3.05) is 6.61 Å². The molecule has 5 rings (SSSR count). The van der Waals surface area contributed by atoms with Crippen LogP contribution in [0.2, 0.25) is 0 Å². The second-order valence-corrected chi connectivity index (χ2v) is 10.9. The molecule has 0 radical (unpaired) electrons. The van der Waals surface area contributed by atoms with E-state index in [2.05, 4.69) is 18.9 Å². The van der Waals surface area contributed by atoms with E-state index in [1.807, 2.05) is 26.0 Å². The van der Waals surface area contributed by atoms with Crippen LogP contribution in [0.15, 0.2) is 88.8 Å². The molecule has 1 N–H and O–H groups in total. The molecule has 0 bridgehead atoms. The fourth-order valence-corrected chi connectivity index (χ4v) is 5.03. The number of hydrogen-bond acceptors (Lipinski definition) is 8. The first-order valence-electron chi connectivity index (χ1n) is 14.6. The number of para-hydroxylation sites is 1. The molecule has 0 atom stereocenters. The van der Waals surface area contributed by atoms with Crippen molar-refractivity contribution in [3.05, 3.63) is 127 Å².